The van der Waals surface area contributed by atoms with Crippen LogP contribution in [-0.2, 0) is 19.5 Å². The zero-order valence-corrected chi connectivity index (χ0v) is 20.9. The SMILES string of the molecule is Nc1ncnc2ccc(-c3ccc(CNc4nccc5c4C(=O)N(Cc4ccc(F)c(F)c4)CC5)s3)cc12. The van der Waals surface area contributed by atoms with E-state index < -0.39 is 11.6 Å². The lowest BCUT2D eigenvalue weighted by molar-refractivity contribution is 0.0727. The molecule has 10 heteroatoms. The number of amides is 1. The minimum absolute atomic E-state index is 0.186. The van der Waals surface area contributed by atoms with Crippen LogP contribution in [0.3, 0.4) is 0 Å². The van der Waals surface area contributed by atoms with Crippen molar-refractivity contribution in [2.75, 3.05) is 17.6 Å². The Morgan fingerprint density at radius 2 is 1.89 bits per heavy atom. The van der Waals surface area contributed by atoms with Crippen LogP contribution in [-0.4, -0.2) is 32.3 Å². The van der Waals surface area contributed by atoms with E-state index in [0.717, 1.165) is 43.9 Å². The number of nitrogen functional groups attached to an aromatic ring is 1. The Labute approximate surface area is 221 Å². The number of thiophene rings is 1. The predicted octanol–water partition coefficient (Wildman–Crippen LogP) is 5.42. The van der Waals surface area contributed by atoms with Crippen LogP contribution >= 0.6 is 11.3 Å². The fourth-order valence-electron chi connectivity index (χ4n) is 4.64. The first kappa shape index (κ1) is 23.9. The zero-order chi connectivity index (χ0) is 26.2. The average molecular weight is 529 g/mol. The second-order valence-corrected chi connectivity index (χ2v) is 10.2. The summed E-state index contributed by atoms with van der Waals surface area (Å²) in [6.07, 6.45) is 3.80. The van der Waals surface area contributed by atoms with E-state index in [1.54, 1.807) is 22.4 Å². The first-order valence-corrected chi connectivity index (χ1v) is 12.8. The number of anilines is 2. The van der Waals surface area contributed by atoms with Gasteiger partial charge in [0.25, 0.3) is 5.91 Å². The Hall–Kier alpha value is -4.44. The molecule has 3 aromatic heterocycles. The van der Waals surface area contributed by atoms with Gasteiger partial charge in [0.05, 0.1) is 17.6 Å². The monoisotopic (exact) mass is 528 g/mol. The molecule has 7 nitrogen and oxygen atoms in total. The van der Waals surface area contributed by atoms with E-state index in [1.165, 1.54) is 12.4 Å². The number of hydrogen-bond acceptors (Lipinski definition) is 7. The number of carbonyl (C=O) groups excluding carboxylic acids is 1. The molecule has 190 valence electrons. The van der Waals surface area contributed by atoms with Gasteiger partial charge >= 0.3 is 0 Å². The van der Waals surface area contributed by atoms with Crippen LogP contribution in [0.5, 0.6) is 0 Å². The van der Waals surface area contributed by atoms with Gasteiger partial charge in [0.2, 0.25) is 0 Å². The standard InChI is InChI=1S/C28H22F2N6OS/c29-21-4-1-16(11-22(21)30)14-36-10-8-17-7-9-32-27(25(17)28(36)37)33-13-19-3-6-24(38-19)18-2-5-23-20(12-18)26(31)35-15-34-23/h1-7,9,11-12,15H,8,10,13-14H2,(H,32,33)(H2,31,34,35). The molecular formula is C28H22F2N6OS. The molecule has 0 saturated carbocycles. The third kappa shape index (κ3) is 4.54. The molecule has 6 rings (SSSR count). The van der Waals surface area contributed by atoms with E-state index in [-0.39, 0.29) is 12.5 Å². The van der Waals surface area contributed by atoms with Crippen LogP contribution in [0, 0.1) is 11.6 Å². The Morgan fingerprint density at radius 1 is 1.00 bits per heavy atom. The minimum Gasteiger partial charge on any atom is -0.383 e. The van der Waals surface area contributed by atoms with Crippen molar-refractivity contribution >= 4 is 39.8 Å². The minimum atomic E-state index is -0.924. The molecule has 1 aliphatic rings. The molecule has 5 aromatic rings. The second kappa shape index (κ2) is 9.79. The number of halogens is 2. The van der Waals surface area contributed by atoms with Gasteiger partial charge in [-0.25, -0.2) is 23.7 Å². The molecule has 0 bridgehead atoms. The molecule has 0 atom stereocenters. The van der Waals surface area contributed by atoms with Crippen molar-refractivity contribution in [3.63, 3.8) is 0 Å². The number of nitrogens with one attached hydrogen (secondary N) is 1. The summed E-state index contributed by atoms with van der Waals surface area (Å²) in [7, 11) is 0. The highest BCUT2D eigenvalue weighted by atomic mass is 32.1. The van der Waals surface area contributed by atoms with Crippen LogP contribution in [0.25, 0.3) is 21.3 Å². The van der Waals surface area contributed by atoms with Crippen LogP contribution in [0.4, 0.5) is 20.4 Å². The number of hydrogen-bond donors (Lipinski definition) is 2. The number of nitrogens with zero attached hydrogens (tertiary/aromatic N) is 4. The molecule has 0 spiro atoms. The fourth-order valence-corrected chi connectivity index (χ4v) is 5.58. The maximum atomic E-state index is 13.7. The number of rotatable bonds is 6. The summed E-state index contributed by atoms with van der Waals surface area (Å²) in [6, 6.07) is 15.6. The first-order valence-electron chi connectivity index (χ1n) is 12.0. The third-order valence-corrected chi connectivity index (χ3v) is 7.72. The summed E-state index contributed by atoms with van der Waals surface area (Å²) in [6.45, 7) is 1.17. The number of fused-ring (bicyclic) bond motifs is 2. The van der Waals surface area contributed by atoms with E-state index in [9.17, 15) is 13.6 Å². The highest BCUT2D eigenvalue weighted by Crippen LogP contribution is 2.32. The lowest BCUT2D eigenvalue weighted by Gasteiger charge is -2.29. The first-order chi connectivity index (χ1) is 18.5. The van der Waals surface area contributed by atoms with Gasteiger partial charge in [-0.05, 0) is 65.6 Å². The molecule has 1 aliphatic heterocycles. The van der Waals surface area contributed by atoms with Gasteiger partial charge in [-0.3, -0.25) is 4.79 Å². The number of carbonyl (C=O) groups is 1. The fraction of sp³-hybridized carbons (Fsp3) is 0.143. The van der Waals surface area contributed by atoms with Gasteiger partial charge < -0.3 is 16.0 Å². The second-order valence-electron chi connectivity index (χ2n) is 9.03. The van der Waals surface area contributed by atoms with Crippen LogP contribution in [0.15, 0.2) is 67.1 Å². The largest absolute Gasteiger partial charge is 0.383 e. The molecule has 38 heavy (non-hydrogen) atoms. The van der Waals surface area contributed by atoms with Crippen molar-refractivity contribution in [3.8, 4) is 10.4 Å². The van der Waals surface area contributed by atoms with Crippen molar-refractivity contribution in [2.24, 2.45) is 0 Å². The maximum absolute atomic E-state index is 13.7. The van der Waals surface area contributed by atoms with Crippen molar-refractivity contribution < 1.29 is 13.6 Å². The molecule has 0 saturated heterocycles. The summed E-state index contributed by atoms with van der Waals surface area (Å²) in [4.78, 5) is 29.9. The van der Waals surface area contributed by atoms with Crippen molar-refractivity contribution in [3.05, 3.63) is 100 Å². The van der Waals surface area contributed by atoms with Crippen LogP contribution < -0.4 is 11.1 Å². The summed E-state index contributed by atoms with van der Waals surface area (Å²) in [5.41, 5.74) is 9.81. The van der Waals surface area contributed by atoms with Gasteiger partial charge in [-0.1, -0.05) is 12.1 Å². The van der Waals surface area contributed by atoms with Gasteiger partial charge in [0, 0.05) is 34.4 Å². The van der Waals surface area contributed by atoms with Gasteiger partial charge in [0.1, 0.15) is 18.0 Å². The average Bonchev–Trinajstić information content (AvgIpc) is 3.40. The number of benzene rings is 2. The molecule has 4 heterocycles. The Morgan fingerprint density at radius 3 is 2.76 bits per heavy atom. The third-order valence-electron chi connectivity index (χ3n) is 6.59. The topological polar surface area (TPSA) is 97.0 Å². The van der Waals surface area contributed by atoms with E-state index in [0.29, 0.717) is 42.3 Å². The van der Waals surface area contributed by atoms with Gasteiger partial charge in [0.15, 0.2) is 11.6 Å². The molecular weight excluding hydrogens is 506 g/mol. The van der Waals surface area contributed by atoms with Crippen molar-refractivity contribution in [1.82, 2.24) is 19.9 Å². The summed E-state index contributed by atoms with van der Waals surface area (Å²) < 4.78 is 27.0. The highest BCUT2D eigenvalue weighted by Gasteiger charge is 2.28. The van der Waals surface area contributed by atoms with Crippen molar-refractivity contribution in [2.45, 2.75) is 19.5 Å². The van der Waals surface area contributed by atoms with E-state index in [2.05, 4.69) is 20.3 Å². The highest BCUT2D eigenvalue weighted by molar-refractivity contribution is 7.15. The summed E-state index contributed by atoms with van der Waals surface area (Å²) in [5.74, 6) is -1.07. The van der Waals surface area contributed by atoms with E-state index >= 15 is 0 Å². The lowest BCUT2D eigenvalue weighted by Crippen LogP contribution is -2.37. The van der Waals surface area contributed by atoms with E-state index in [1.807, 2.05) is 36.4 Å². The van der Waals surface area contributed by atoms with Crippen molar-refractivity contribution in [1.29, 1.82) is 0 Å². The molecule has 0 fully saturated rings. The predicted molar refractivity (Wildman–Crippen MR) is 144 cm³/mol. The quantitative estimate of drug-likeness (QED) is 0.305. The van der Waals surface area contributed by atoms with Crippen LogP contribution in [0.2, 0.25) is 0 Å². The summed E-state index contributed by atoms with van der Waals surface area (Å²) >= 11 is 1.63. The zero-order valence-electron chi connectivity index (χ0n) is 20.1. The Balaban J connectivity index is 1.19. The molecule has 3 N–H and O–H groups in total. The summed E-state index contributed by atoms with van der Waals surface area (Å²) in [5, 5.41) is 4.14. The normalized spacial score (nSPS) is 13.1. The Kier molecular flexibility index (Phi) is 6.16. The smallest absolute Gasteiger partial charge is 0.258 e. The molecule has 0 unspecified atom stereocenters. The van der Waals surface area contributed by atoms with Crippen LogP contribution in [0.1, 0.15) is 26.4 Å². The van der Waals surface area contributed by atoms with E-state index in [4.69, 9.17) is 5.73 Å². The maximum Gasteiger partial charge on any atom is 0.258 e. The molecule has 2 aromatic carbocycles. The molecule has 0 radical (unpaired) electrons. The lowest BCUT2D eigenvalue weighted by atomic mass is 9.99. The molecule has 1 amide bonds. The Bertz CT molecular complexity index is 1690. The van der Waals surface area contributed by atoms with Gasteiger partial charge in [-0.2, -0.15) is 0 Å². The number of pyridine rings is 1. The van der Waals surface area contributed by atoms with Gasteiger partial charge in [-0.15, -0.1) is 11.3 Å². The number of nitrogens with two attached hydrogens (primary N) is 1. The molecule has 0 aliphatic carbocycles. The number of aromatic nitrogens is 3.